The first kappa shape index (κ1) is 18.3. The lowest BCUT2D eigenvalue weighted by Gasteiger charge is -2.29. The van der Waals surface area contributed by atoms with Crippen LogP contribution in [0, 0.1) is 0 Å². The van der Waals surface area contributed by atoms with Crippen molar-refractivity contribution in [2.75, 3.05) is 25.9 Å². The quantitative estimate of drug-likeness (QED) is 0.668. The molecule has 0 spiro atoms. The van der Waals surface area contributed by atoms with Gasteiger partial charge in [0.1, 0.15) is 0 Å². The topological polar surface area (TPSA) is 78.5 Å². The van der Waals surface area contributed by atoms with E-state index in [0.717, 1.165) is 6.26 Å². The maximum atomic E-state index is 12.0. The number of hydrogen-bond acceptors (Lipinski definition) is 4. The summed E-state index contributed by atoms with van der Waals surface area (Å²) >= 11 is 0. The second-order valence-corrected chi connectivity index (χ2v) is 7.12. The fraction of sp³-hybridized carbons (Fsp3) is 0.917. The number of carbonyl (C=O) groups is 1. The van der Waals surface area contributed by atoms with Crippen molar-refractivity contribution >= 4 is 15.9 Å². The van der Waals surface area contributed by atoms with Crippen LogP contribution >= 0.6 is 0 Å². The Bertz CT molecular complexity index is 389. The minimum atomic E-state index is -3.26. The van der Waals surface area contributed by atoms with Crippen LogP contribution in [0.15, 0.2) is 0 Å². The number of rotatable bonds is 8. The van der Waals surface area contributed by atoms with Crippen LogP contribution in [0.25, 0.3) is 0 Å². The standard InChI is InChI=1S/C12H27N3O3S/c1-7-15(8-2)11(16)10(3)13-9-12(4,5)14-19(6,17)18/h10,13-14H,7-9H2,1-6H3. The summed E-state index contributed by atoms with van der Waals surface area (Å²) in [5, 5.41) is 3.08. The SMILES string of the molecule is CCN(CC)C(=O)C(C)NCC(C)(C)NS(C)(=O)=O. The number of sulfonamides is 1. The Morgan fingerprint density at radius 3 is 2.11 bits per heavy atom. The maximum absolute atomic E-state index is 12.0. The highest BCUT2D eigenvalue weighted by Gasteiger charge is 2.25. The summed E-state index contributed by atoms with van der Waals surface area (Å²) in [6.45, 7) is 10.9. The number of amides is 1. The molecule has 114 valence electrons. The van der Waals surface area contributed by atoms with E-state index in [9.17, 15) is 13.2 Å². The van der Waals surface area contributed by atoms with Crippen molar-refractivity contribution in [1.82, 2.24) is 14.9 Å². The lowest BCUT2D eigenvalue weighted by Crippen LogP contribution is -2.54. The van der Waals surface area contributed by atoms with Crippen molar-refractivity contribution in [2.45, 2.75) is 46.2 Å². The first-order valence-corrected chi connectivity index (χ1v) is 8.42. The molecule has 0 fully saturated rings. The Hall–Kier alpha value is -0.660. The molecule has 6 nitrogen and oxygen atoms in total. The number of carbonyl (C=O) groups excluding carboxylic acids is 1. The van der Waals surface area contributed by atoms with Crippen molar-refractivity contribution in [1.29, 1.82) is 0 Å². The van der Waals surface area contributed by atoms with Gasteiger partial charge in [-0.25, -0.2) is 13.1 Å². The van der Waals surface area contributed by atoms with E-state index >= 15 is 0 Å². The van der Waals surface area contributed by atoms with E-state index < -0.39 is 15.6 Å². The number of likely N-dealkylation sites (N-methyl/N-ethyl adjacent to an activating group) is 1. The fourth-order valence-electron chi connectivity index (χ4n) is 1.84. The third-order valence-corrected chi connectivity index (χ3v) is 3.68. The van der Waals surface area contributed by atoms with Crippen molar-refractivity contribution < 1.29 is 13.2 Å². The molecular formula is C12H27N3O3S. The highest BCUT2D eigenvalue weighted by Crippen LogP contribution is 2.03. The molecular weight excluding hydrogens is 266 g/mol. The summed E-state index contributed by atoms with van der Waals surface area (Å²) in [6.07, 6.45) is 1.12. The first-order valence-electron chi connectivity index (χ1n) is 6.53. The second-order valence-electron chi connectivity index (χ2n) is 5.37. The maximum Gasteiger partial charge on any atom is 0.239 e. The largest absolute Gasteiger partial charge is 0.342 e. The lowest BCUT2D eigenvalue weighted by molar-refractivity contribution is -0.132. The fourth-order valence-corrected chi connectivity index (χ4v) is 2.92. The van der Waals surface area contributed by atoms with Gasteiger partial charge in [-0.3, -0.25) is 4.79 Å². The van der Waals surface area contributed by atoms with E-state index in [1.165, 1.54) is 0 Å². The minimum absolute atomic E-state index is 0.0279. The summed E-state index contributed by atoms with van der Waals surface area (Å²) in [6, 6.07) is -0.333. The molecule has 1 unspecified atom stereocenters. The molecule has 0 saturated carbocycles. The second kappa shape index (κ2) is 7.21. The Morgan fingerprint density at radius 1 is 1.26 bits per heavy atom. The van der Waals surface area contributed by atoms with Gasteiger partial charge in [0.25, 0.3) is 0 Å². The van der Waals surface area contributed by atoms with Gasteiger partial charge in [0, 0.05) is 25.2 Å². The Morgan fingerprint density at radius 2 is 1.74 bits per heavy atom. The van der Waals surface area contributed by atoms with Gasteiger partial charge in [0.2, 0.25) is 15.9 Å². The average Bonchev–Trinajstić information content (AvgIpc) is 2.24. The molecule has 1 amide bonds. The predicted molar refractivity (Wildman–Crippen MR) is 77.5 cm³/mol. The normalized spacial score (nSPS) is 14.2. The summed E-state index contributed by atoms with van der Waals surface area (Å²) in [4.78, 5) is 13.8. The van der Waals surface area contributed by atoms with Crippen LogP contribution in [0.4, 0.5) is 0 Å². The van der Waals surface area contributed by atoms with Crippen LogP contribution in [0.2, 0.25) is 0 Å². The van der Waals surface area contributed by atoms with E-state index in [4.69, 9.17) is 0 Å². The Balaban J connectivity index is 4.43. The van der Waals surface area contributed by atoms with Gasteiger partial charge < -0.3 is 10.2 Å². The number of hydrogen-bond donors (Lipinski definition) is 2. The van der Waals surface area contributed by atoms with Gasteiger partial charge in [-0.15, -0.1) is 0 Å². The molecule has 0 radical (unpaired) electrons. The molecule has 0 saturated heterocycles. The molecule has 0 bridgehead atoms. The lowest BCUT2D eigenvalue weighted by atomic mass is 10.1. The van der Waals surface area contributed by atoms with E-state index in [1.807, 2.05) is 13.8 Å². The molecule has 2 N–H and O–H groups in total. The highest BCUT2D eigenvalue weighted by atomic mass is 32.2. The zero-order valence-corrected chi connectivity index (χ0v) is 13.6. The number of nitrogens with one attached hydrogen (secondary N) is 2. The molecule has 0 aliphatic carbocycles. The predicted octanol–water partition coefficient (Wildman–Crippen LogP) is 0.161. The third kappa shape index (κ3) is 7.49. The van der Waals surface area contributed by atoms with Gasteiger partial charge in [-0.05, 0) is 34.6 Å². The van der Waals surface area contributed by atoms with Gasteiger partial charge in [0.15, 0.2) is 0 Å². The van der Waals surface area contributed by atoms with Crippen molar-refractivity contribution in [3.05, 3.63) is 0 Å². The minimum Gasteiger partial charge on any atom is -0.342 e. The molecule has 0 aromatic heterocycles. The van der Waals surface area contributed by atoms with Crippen LogP contribution in [0.1, 0.15) is 34.6 Å². The third-order valence-electron chi connectivity index (χ3n) is 2.76. The van der Waals surface area contributed by atoms with Crippen LogP contribution in [-0.4, -0.2) is 56.7 Å². The molecule has 0 aromatic carbocycles. The van der Waals surface area contributed by atoms with E-state index in [-0.39, 0.29) is 11.9 Å². The van der Waals surface area contributed by atoms with Crippen LogP contribution in [-0.2, 0) is 14.8 Å². The molecule has 0 aliphatic rings. The molecule has 1 atom stereocenters. The molecule has 0 heterocycles. The summed E-state index contributed by atoms with van der Waals surface area (Å²) in [5.74, 6) is 0.0279. The summed E-state index contributed by atoms with van der Waals surface area (Å²) in [5.41, 5.74) is -0.634. The van der Waals surface area contributed by atoms with Gasteiger partial charge in [0.05, 0.1) is 12.3 Å². The highest BCUT2D eigenvalue weighted by molar-refractivity contribution is 7.88. The van der Waals surface area contributed by atoms with Gasteiger partial charge in [-0.1, -0.05) is 0 Å². The summed E-state index contributed by atoms with van der Waals surface area (Å²) < 4.78 is 25.0. The Labute approximate surface area is 117 Å². The smallest absolute Gasteiger partial charge is 0.239 e. The van der Waals surface area contributed by atoms with Gasteiger partial charge >= 0.3 is 0 Å². The molecule has 19 heavy (non-hydrogen) atoms. The zero-order chi connectivity index (χ0) is 15.3. The Kier molecular flexibility index (Phi) is 6.96. The van der Waals surface area contributed by atoms with E-state index in [2.05, 4.69) is 10.0 Å². The molecule has 7 heteroatoms. The van der Waals surface area contributed by atoms with Crippen LogP contribution in [0.5, 0.6) is 0 Å². The van der Waals surface area contributed by atoms with Crippen LogP contribution in [0.3, 0.4) is 0 Å². The van der Waals surface area contributed by atoms with Crippen molar-refractivity contribution in [3.63, 3.8) is 0 Å². The van der Waals surface area contributed by atoms with E-state index in [1.54, 1.807) is 25.7 Å². The molecule has 0 rings (SSSR count). The summed E-state index contributed by atoms with van der Waals surface area (Å²) in [7, 11) is -3.26. The first-order chi connectivity index (χ1) is 8.52. The van der Waals surface area contributed by atoms with Crippen LogP contribution < -0.4 is 10.0 Å². The number of nitrogens with zero attached hydrogens (tertiary/aromatic N) is 1. The van der Waals surface area contributed by atoms with Crippen molar-refractivity contribution in [3.8, 4) is 0 Å². The average molecular weight is 293 g/mol. The molecule has 0 aromatic rings. The van der Waals surface area contributed by atoms with Crippen molar-refractivity contribution in [2.24, 2.45) is 0 Å². The van der Waals surface area contributed by atoms with E-state index in [0.29, 0.717) is 19.6 Å². The molecule has 0 aliphatic heterocycles. The zero-order valence-electron chi connectivity index (χ0n) is 12.8. The van der Waals surface area contributed by atoms with Gasteiger partial charge in [-0.2, -0.15) is 0 Å². The monoisotopic (exact) mass is 293 g/mol.